The number of anilines is 1. The summed E-state index contributed by atoms with van der Waals surface area (Å²) in [5.41, 5.74) is 2.46. The minimum absolute atomic E-state index is 0.195. The van der Waals surface area contributed by atoms with E-state index in [1.807, 2.05) is 41.2 Å². The molecule has 0 unspecified atom stereocenters. The average Bonchev–Trinajstić information content (AvgIpc) is 3.16. The Kier molecular flexibility index (Phi) is 5.17. The van der Waals surface area contributed by atoms with E-state index in [2.05, 4.69) is 5.32 Å². The van der Waals surface area contributed by atoms with Crippen molar-refractivity contribution in [2.45, 2.75) is 20.0 Å². The molecule has 26 heavy (non-hydrogen) atoms. The molecule has 1 amide bonds. The van der Waals surface area contributed by atoms with E-state index in [9.17, 15) is 9.59 Å². The van der Waals surface area contributed by atoms with Crippen LogP contribution in [0.4, 0.5) is 5.69 Å². The van der Waals surface area contributed by atoms with Gasteiger partial charge in [0.1, 0.15) is 0 Å². The van der Waals surface area contributed by atoms with E-state index in [1.165, 1.54) is 0 Å². The first kappa shape index (κ1) is 17.5. The van der Waals surface area contributed by atoms with E-state index in [0.717, 1.165) is 5.69 Å². The Balaban J connectivity index is 1.71. The van der Waals surface area contributed by atoms with Crippen LogP contribution in [0.1, 0.15) is 34.6 Å². The molecule has 3 aromatic rings. The molecule has 132 valence electrons. The van der Waals surface area contributed by atoms with Gasteiger partial charge < -0.3 is 14.6 Å². The third kappa shape index (κ3) is 4.19. The van der Waals surface area contributed by atoms with Gasteiger partial charge in [-0.15, -0.1) is 0 Å². The monoisotopic (exact) mass is 348 g/mol. The Labute approximate surface area is 152 Å². The lowest BCUT2D eigenvalue weighted by atomic mass is 10.1. The second-order valence-electron chi connectivity index (χ2n) is 6.13. The first-order valence-corrected chi connectivity index (χ1v) is 8.39. The number of nitrogens with one attached hydrogen (secondary N) is 1. The first-order valence-electron chi connectivity index (χ1n) is 8.39. The Morgan fingerprint density at radius 1 is 0.923 bits per heavy atom. The van der Waals surface area contributed by atoms with E-state index in [0.29, 0.717) is 16.8 Å². The normalized spacial score (nSPS) is 10.6. The Morgan fingerprint density at radius 2 is 1.62 bits per heavy atom. The SMILES string of the molecule is CC(C)OC(=O)c1cccc(NC(=O)c2ccc(-n3cccc3)cc2)c1. The van der Waals surface area contributed by atoms with Gasteiger partial charge in [-0.3, -0.25) is 4.79 Å². The van der Waals surface area contributed by atoms with Crippen LogP contribution < -0.4 is 5.32 Å². The lowest BCUT2D eigenvalue weighted by Crippen LogP contribution is -2.14. The predicted octanol–water partition coefficient (Wildman–Crippen LogP) is 4.29. The molecule has 0 fully saturated rings. The summed E-state index contributed by atoms with van der Waals surface area (Å²) in [6.45, 7) is 3.59. The Bertz CT molecular complexity index is 897. The van der Waals surface area contributed by atoms with Crippen LogP contribution in [-0.4, -0.2) is 22.5 Å². The molecule has 5 heteroatoms. The topological polar surface area (TPSA) is 60.3 Å². The zero-order chi connectivity index (χ0) is 18.5. The molecule has 0 aliphatic heterocycles. The molecule has 0 spiro atoms. The van der Waals surface area contributed by atoms with Crippen LogP contribution in [0.15, 0.2) is 73.1 Å². The summed E-state index contributed by atoms with van der Waals surface area (Å²) in [4.78, 5) is 24.4. The maximum Gasteiger partial charge on any atom is 0.338 e. The zero-order valence-electron chi connectivity index (χ0n) is 14.7. The van der Waals surface area contributed by atoms with Crippen LogP contribution in [0, 0.1) is 0 Å². The number of hydrogen-bond acceptors (Lipinski definition) is 3. The van der Waals surface area contributed by atoms with Crippen molar-refractivity contribution in [2.24, 2.45) is 0 Å². The van der Waals surface area contributed by atoms with Gasteiger partial charge in [0.25, 0.3) is 5.91 Å². The van der Waals surface area contributed by atoms with Crippen molar-refractivity contribution in [1.29, 1.82) is 0 Å². The molecule has 1 aromatic heterocycles. The predicted molar refractivity (Wildman–Crippen MR) is 101 cm³/mol. The summed E-state index contributed by atoms with van der Waals surface area (Å²) >= 11 is 0. The fraction of sp³-hybridized carbons (Fsp3) is 0.143. The largest absolute Gasteiger partial charge is 0.459 e. The molecule has 1 N–H and O–H groups in total. The van der Waals surface area contributed by atoms with Crippen LogP contribution >= 0.6 is 0 Å². The third-order valence-electron chi connectivity index (χ3n) is 3.73. The number of aromatic nitrogens is 1. The molecule has 0 atom stereocenters. The lowest BCUT2D eigenvalue weighted by molar-refractivity contribution is 0.0378. The van der Waals surface area contributed by atoms with Gasteiger partial charge in [-0.2, -0.15) is 0 Å². The van der Waals surface area contributed by atoms with Crippen molar-refractivity contribution in [2.75, 3.05) is 5.32 Å². The van der Waals surface area contributed by atoms with E-state index >= 15 is 0 Å². The molecule has 2 aromatic carbocycles. The summed E-state index contributed by atoms with van der Waals surface area (Å²) in [5, 5.41) is 2.81. The summed E-state index contributed by atoms with van der Waals surface area (Å²) in [6.07, 6.45) is 3.69. The van der Waals surface area contributed by atoms with Gasteiger partial charge in [-0.05, 0) is 68.4 Å². The highest BCUT2D eigenvalue weighted by Crippen LogP contribution is 2.15. The second-order valence-corrected chi connectivity index (χ2v) is 6.13. The minimum Gasteiger partial charge on any atom is -0.459 e. The molecule has 0 saturated carbocycles. The number of benzene rings is 2. The van der Waals surface area contributed by atoms with E-state index in [4.69, 9.17) is 4.74 Å². The van der Waals surface area contributed by atoms with E-state index in [1.54, 1.807) is 50.2 Å². The first-order chi connectivity index (χ1) is 12.5. The highest BCUT2D eigenvalue weighted by molar-refractivity contribution is 6.05. The molecule has 3 rings (SSSR count). The number of rotatable bonds is 5. The van der Waals surface area contributed by atoms with E-state index in [-0.39, 0.29) is 12.0 Å². The lowest BCUT2D eigenvalue weighted by Gasteiger charge is -2.10. The highest BCUT2D eigenvalue weighted by Gasteiger charge is 2.11. The number of amides is 1. The molecular weight excluding hydrogens is 328 g/mol. The molecule has 0 aliphatic carbocycles. The van der Waals surface area contributed by atoms with Crippen LogP contribution in [-0.2, 0) is 4.74 Å². The van der Waals surface area contributed by atoms with E-state index < -0.39 is 5.97 Å². The van der Waals surface area contributed by atoms with Crippen molar-refractivity contribution in [1.82, 2.24) is 4.57 Å². The van der Waals surface area contributed by atoms with Crippen LogP contribution in [0.2, 0.25) is 0 Å². The maximum absolute atomic E-state index is 12.4. The Hall–Kier alpha value is -3.34. The molecule has 5 nitrogen and oxygen atoms in total. The quantitative estimate of drug-likeness (QED) is 0.700. The number of carbonyl (C=O) groups excluding carboxylic acids is 2. The summed E-state index contributed by atoms with van der Waals surface area (Å²) in [6, 6.07) is 17.9. The molecule has 1 heterocycles. The number of ether oxygens (including phenoxy) is 1. The fourth-order valence-corrected chi connectivity index (χ4v) is 2.50. The van der Waals surface area contributed by atoms with Gasteiger partial charge in [0.2, 0.25) is 0 Å². The number of carbonyl (C=O) groups is 2. The van der Waals surface area contributed by atoms with Gasteiger partial charge in [-0.1, -0.05) is 6.07 Å². The maximum atomic E-state index is 12.4. The molecular formula is C21H20N2O3. The molecule has 0 saturated heterocycles. The number of nitrogens with zero attached hydrogens (tertiary/aromatic N) is 1. The average molecular weight is 348 g/mol. The van der Waals surface area contributed by atoms with Crippen molar-refractivity contribution in [3.8, 4) is 5.69 Å². The van der Waals surface area contributed by atoms with Crippen molar-refractivity contribution in [3.05, 3.63) is 84.2 Å². The van der Waals surface area contributed by atoms with Crippen molar-refractivity contribution in [3.63, 3.8) is 0 Å². The molecule has 0 radical (unpaired) electrons. The van der Waals surface area contributed by atoms with Gasteiger partial charge in [0.15, 0.2) is 0 Å². The van der Waals surface area contributed by atoms with Crippen LogP contribution in [0.25, 0.3) is 5.69 Å². The summed E-state index contributed by atoms with van der Waals surface area (Å²) < 4.78 is 7.14. The summed E-state index contributed by atoms with van der Waals surface area (Å²) in [5.74, 6) is -0.648. The van der Waals surface area contributed by atoms with Gasteiger partial charge in [0, 0.05) is 29.3 Å². The Morgan fingerprint density at radius 3 is 2.27 bits per heavy atom. The smallest absolute Gasteiger partial charge is 0.338 e. The number of hydrogen-bond donors (Lipinski definition) is 1. The van der Waals surface area contributed by atoms with Gasteiger partial charge in [-0.25, -0.2) is 4.79 Å². The third-order valence-corrected chi connectivity index (χ3v) is 3.73. The summed E-state index contributed by atoms with van der Waals surface area (Å²) in [7, 11) is 0. The minimum atomic E-state index is -0.410. The second kappa shape index (κ2) is 7.70. The van der Waals surface area contributed by atoms with Gasteiger partial charge >= 0.3 is 5.97 Å². The van der Waals surface area contributed by atoms with Gasteiger partial charge in [0.05, 0.1) is 11.7 Å². The van der Waals surface area contributed by atoms with Crippen LogP contribution in [0.3, 0.4) is 0 Å². The highest BCUT2D eigenvalue weighted by atomic mass is 16.5. The standard InChI is InChI=1S/C21H20N2O3/c1-15(2)26-21(25)17-6-5-7-18(14-17)22-20(24)16-8-10-19(11-9-16)23-12-3-4-13-23/h3-15H,1-2H3,(H,22,24). The van der Waals surface area contributed by atoms with Crippen molar-refractivity contribution >= 4 is 17.6 Å². The molecule has 0 aliphatic rings. The fourth-order valence-electron chi connectivity index (χ4n) is 2.50. The number of esters is 1. The van der Waals surface area contributed by atoms with Crippen molar-refractivity contribution < 1.29 is 14.3 Å². The molecule has 0 bridgehead atoms. The van der Waals surface area contributed by atoms with Crippen LogP contribution in [0.5, 0.6) is 0 Å². The zero-order valence-corrected chi connectivity index (χ0v) is 14.7.